The second kappa shape index (κ2) is 9.39. The van der Waals surface area contributed by atoms with E-state index in [1.807, 2.05) is 36.1 Å². The Balaban J connectivity index is 1.82. The Labute approximate surface area is 177 Å². The molecule has 6 nitrogen and oxygen atoms in total. The Hall–Kier alpha value is -3.41. The highest BCUT2D eigenvalue weighted by molar-refractivity contribution is 5.97. The lowest BCUT2D eigenvalue weighted by atomic mass is 10.0. The second-order valence-electron chi connectivity index (χ2n) is 7.47. The summed E-state index contributed by atoms with van der Waals surface area (Å²) >= 11 is 0. The molecule has 0 saturated carbocycles. The number of amides is 2. The first-order valence-electron chi connectivity index (χ1n) is 9.85. The van der Waals surface area contributed by atoms with Crippen molar-refractivity contribution in [3.8, 4) is 5.75 Å². The van der Waals surface area contributed by atoms with Crippen molar-refractivity contribution in [1.29, 1.82) is 0 Å². The zero-order chi connectivity index (χ0) is 21.7. The molecule has 156 valence electrons. The SMILES string of the molecule is C=CC(=C)C[C@H]1CN(C(=O)c2ccc(C)nc2)CC(=O)N1Cc1cccc(OC)c1. The maximum absolute atomic E-state index is 13.1. The highest BCUT2D eigenvalue weighted by Gasteiger charge is 2.35. The molecule has 0 unspecified atom stereocenters. The van der Waals surface area contributed by atoms with Crippen LogP contribution in [0.25, 0.3) is 0 Å². The van der Waals surface area contributed by atoms with Gasteiger partial charge in [-0.1, -0.05) is 36.9 Å². The number of benzene rings is 1. The van der Waals surface area contributed by atoms with Crippen LogP contribution in [0.1, 0.15) is 28.0 Å². The summed E-state index contributed by atoms with van der Waals surface area (Å²) in [5.74, 6) is 0.457. The van der Waals surface area contributed by atoms with E-state index in [4.69, 9.17) is 4.74 Å². The number of carbonyl (C=O) groups is 2. The molecule has 0 radical (unpaired) electrons. The van der Waals surface area contributed by atoms with Gasteiger partial charge in [-0.2, -0.15) is 0 Å². The lowest BCUT2D eigenvalue weighted by Gasteiger charge is -2.41. The maximum atomic E-state index is 13.1. The van der Waals surface area contributed by atoms with Gasteiger partial charge in [-0.25, -0.2) is 0 Å². The van der Waals surface area contributed by atoms with E-state index in [9.17, 15) is 9.59 Å². The number of pyridine rings is 1. The number of aromatic nitrogens is 1. The van der Waals surface area contributed by atoms with Gasteiger partial charge in [0.15, 0.2) is 0 Å². The van der Waals surface area contributed by atoms with Crippen molar-refractivity contribution < 1.29 is 14.3 Å². The first-order valence-corrected chi connectivity index (χ1v) is 9.85. The average Bonchev–Trinajstić information content (AvgIpc) is 2.76. The van der Waals surface area contributed by atoms with Gasteiger partial charge < -0.3 is 14.5 Å². The van der Waals surface area contributed by atoms with E-state index >= 15 is 0 Å². The number of carbonyl (C=O) groups excluding carboxylic acids is 2. The number of aryl methyl sites for hydroxylation is 1. The highest BCUT2D eigenvalue weighted by atomic mass is 16.5. The van der Waals surface area contributed by atoms with Crippen LogP contribution in [0, 0.1) is 6.92 Å². The summed E-state index contributed by atoms with van der Waals surface area (Å²) in [5, 5.41) is 0. The van der Waals surface area contributed by atoms with Gasteiger partial charge in [-0.3, -0.25) is 14.6 Å². The van der Waals surface area contributed by atoms with Gasteiger partial charge in [-0.15, -0.1) is 0 Å². The van der Waals surface area contributed by atoms with Gasteiger partial charge in [0.25, 0.3) is 5.91 Å². The Morgan fingerprint density at radius 2 is 2.13 bits per heavy atom. The summed E-state index contributed by atoms with van der Waals surface area (Å²) in [4.78, 5) is 33.6. The standard InChI is InChI=1S/C24H27N3O3/c1-5-17(2)11-21-15-26(24(29)20-10-9-18(3)25-13-20)16-23(28)27(21)14-19-7-6-8-22(12-19)30-4/h5-10,12-13,21H,1-2,11,14-16H2,3-4H3/t21-/m0/s1. The van der Waals surface area contributed by atoms with E-state index in [0.29, 0.717) is 25.1 Å². The molecule has 0 N–H and O–H groups in total. The van der Waals surface area contributed by atoms with Gasteiger partial charge in [-0.05, 0) is 43.2 Å². The molecule has 3 rings (SSSR count). The first-order chi connectivity index (χ1) is 14.4. The zero-order valence-corrected chi connectivity index (χ0v) is 17.5. The van der Waals surface area contributed by atoms with Crippen molar-refractivity contribution in [3.63, 3.8) is 0 Å². The van der Waals surface area contributed by atoms with E-state index in [-0.39, 0.29) is 24.4 Å². The Kier molecular flexibility index (Phi) is 6.67. The molecule has 1 aromatic carbocycles. The first kappa shape index (κ1) is 21.3. The minimum atomic E-state index is -0.190. The quantitative estimate of drug-likeness (QED) is 0.663. The van der Waals surface area contributed by atoms with Crippen LogP contribution in [0.2, 0.25) is 0 Å². The minimum Gasteiger partial charge on any atom is -0.497 e. The molecule has 0 aliphatic carbocycles. The molecule has 1 fully saturated rings. The van der Waals surface area contributed by atoms with Crippen molar-refractivity contribution in [1.82, 2.24) is 14.8 Å². The number of allylic oxidation sites excluding steroid dienone is 1. The van der Waals surface area contributed by atoms with Crippen molar-refractivity contribution in [2.24, 2.45) is 0 Å². The molecule has 1 atom stereocenters. The summed E-state index contributed by atoms with van der Waals surface area (Å²) < 4.78 is 5.30. The van der Waals surface area contributed by atoms with Crippen molar-refractivity contribution in [2.45, 2.75) is 25.9 Å². The lowest BCUT2D eigenvalue weighted by Crippen LogP contribution is -2.57. The van der Waals surface area contributed by atoms with Crippen molar-refractivity contribution in [2.75, 3.05) is 20.2 Å². The summed E-state index contributed by atoms with van der Waals surface area (Å²) in [5.41, 5.74) is 3.12. The number of methoxy groups -OCH3 is 1. The van der Waals surface area contributed by atoms with Gasteiger partial charge in [0.1, 0.15) is 12.3 Å². The number of hydrogen-bond donors (Lipinski definition) is 0. The topological polar surface area (TPSA) is 62.7 Å². The normalized spacial score (nSPS) is 16.3. The highest BCUT2D eigenvalue weighted by Crippen LogP contribution is 2.23. The third-order valence-electron chi connectivity index (χ3n) is 5.24. The fraction of sp³-hybridized carbons (Fsp3) is 0.292. The summed E-state index contributed by atoms with van der Waals surface area (Å²) in [6, 6.07) is 11.0. The molecule has 2 amide bonds. The monoisotopic (exact) mass is 405 g/mol. The van der Waals surface area contributed by atoms with Gasteiger partial charge in [0, 0.05) is 25.0 Å². The minimum absolute atomic E-state index is 0.0355. The van der Waals surface area contributed by atoms with Gasteiger partial charge in [0.2, 0.25) is 5.91 Å². The third kappa shape index (κ3) is 4.95. The van der Waals surface area contributed by atoms with Crippen LogP contribution in [0.4, 0.5) is 0 Å². The predicted molar refractivity (Wildman–Crippen MR) is 116 cm³/mol. The average molecular weight is 405 g/mol. The van der Waals surface area contributed by atoms with Crippen molar-refractivity contribution in [3.05, 3.63) is 84.2 Å². The van der Waals surface area contributed by atoms with Gasteiger partial charge in [0.05, 0.1) is 18.7 Å². The molecule has 1 aromatic heterocycles. The van der Waals surface area contributed by atoms with E-state index in [0.717, 1.165) is 22.6 Å². The van der Waals surface area contributed by atoms with Crippen LogP contribution in [-0.2, 0) is 11.3 Å². The second-order valence-corrected chi connectivity index (χ2v) is 7.47. The molecule has 2 aromatic rings. The smallest absolute Gasteiger partial charge is 0.255 e. The van der Waals surface area contributed by atoms with Gasteiger partial charge >= 0.3 is 0 Å². The van der Waals surface area contributed by atoms with Crippen LogP contribution >= 0.6 is 0 Å². The third-order valence-corrected chi connectivity index (χ3v) is 5.24. The Morgan fingerprint density at radius 1 is 1.33 bits per heavy atom. The number of hydrogen-bond acceptors (Lipinski definition) is 4. The fourth-order valence-corrected chi connectivity index (χ4v) is 3.55. The molecule has 2 heterocycles. The van der Waals surface area contributed by atoms with Crippen LogP contribution in [0.5, 0.6) is 5.75 Å². The van der Waals surface area contributed by atoms with Crippen LogP contribution in [0.15, 0.2) is 67.4 Å². The molecule has 1 aliphatic heterocycles. The predicted octanol–water partition coefficient (Wildman–Crippen LogP) is 3.38. The molecule has 0 bridgehead atoms. The maximum Gasteiger partial charge on any atom is 0.255 e. The van der Waals surface area contributed by atoms with E-state index in [1.54, 1.807) is 36.4 Å². The van der Waals surface area contributed by atoms with Crippen LogP contribution < -0.4 is 4.74 Å². The molecule has 0 spiro atoms. The molecule has 1 aliphatic rings. The molecule has 1 saturated heterocycles. The van der Waals surface area contributed by atoms with E-state index < -0.39 is 0 Å². The number of ether oxygens (including phenoxy) is 1. The molecular formula is C24H27N3O3. The largest absolute Gasteiger partial charge is 0.497 e. The summed E-state index contributed by atoms with van der Waals surface area (Å²) in [6.45, 7) is 10.6. The fourth-order valence-electron chi connectivity index (χ4n) is 3.55. The number of piperazine rings is 1. The van der Waals surface area contributed by atoms with Crippen LogP contribution in [0.3, 0.4) is 0 Å². The molecular weight excluding hydrogens is 378 g/mol. The Morgan fingerprint density at radius 3 is 2.80 bits per heavy atom. The zero-order valence-electron chi connectivity index (χ0n) is 17.5. The lowest BCUT2D eigenvalue weighted by molar-refractivity contribution is -0.139. The van der Waals surface area contributed by atoms with E-state index in [1.165, 1.54) is 0 Å². The molecule has 30 heavy (non-hydrogen) atoms. The number of rotatable bonds is 7. The number of nitrogens with zero attached hydrogens (tertiary/aromatic N) is 3. The Bertz CT molecular complexity index is 952. The molecule has 6 heteroatoms. The van der Waals surface area contributed by atoms with Crippen LogP contribution in [-0.4, -0.2) is 52.8 Å². The van der Waals surface area contributed by atoms with Crippen molar-refractivity contribution >= 4 is 11.8 Å². The summed E-state index contributed by atoms with van der Waals surface area (Å²) in [7, 11) is 1.62. The van der Waals surface area contributed by atoms with E-state index in [2.05, 4.69) is 18.1 Å². The summed E-state index contributed by atoms with van der Waals surface area (Å²) in [6.07, 6.45) is 3.80.